The molecule has 98 valence electrons. The van der Waals surface area contributed by atoms with Crippen LogP contribution < -0.4 is 0 Å². The molecule has 0 aromatic carbocycles. The van der Waals surface area contributed by atoms with Gasteiger partial charge in [0.25, 0.3) is 0 Å². The number of nitrogens with zero attached hydrogens (tertiary/aromatic N) is 3. The Bertz CT molecular complexity index is 345. The number of pyridine rings is 1. The number of hydrogen-bond acceptors (Lipinski definition) is 4. The minimum Gasteiger partial charge on any atom is -0.394 e. The van der Waals surface area contributed by atoms with Crippen LogP contribution in [0.4, 0.5) is 0 Å². The van der Waals surface area contributed by atoms with Crippen LogP contribution >= 0.6 is 0 Å². The van der Waals surface area contributed by atoms with E-state index in [9.17, 15) is 0 Å². The first kappa shape index (κ1) is 13.0. The lowest BCUT2D eigenvalue weighted by Crippen LogP contribution is -2.28. The van der Waals surface area contributed by atoms with E-state index in [1.165, 1.54) is 38.8 Å². The Kier molecular flexibility index (Phi) is 5.66. The van der Waals surface area contributed by atoms with Crippen molar-refractivity contribution in [1.29, 1.82) is 0 Å². The van der Waals surface area contributed by atoms with Gasteiger partial charge in [-0.15, -0.1) is 0 Å². The standard InChI is InChI=1S/C14H21N3O/c1-2-4-10-17(9-3-1)11-12-18-16-13-14-5-7-15-8-6-14/h5-8,13H,1-4,9-12H2/b16-13+. The van der Waals surface area contributed by atoms with Crippen LogP contribution in [0, 0.1) is 0 Å². The molecular weight excluding hydrogens is 226 g/mol. The molecule has 0 radical (unpaired) electrons. The summed E-state index contributed by atoms with van der Waals surface area (Å²) in [7, 11) is 0. The average molecular weight is 247 g/mol. The summed E-state index contributed by atoms with van der Waals surface area (Å²) < 4.78 is 0. The molecule has 4 heteroatoms. The van der Waals surface area contributed by atoms with Crippen molar-refractivity contribution < 1.29 is 4.84 Å². The zero-order chi connectivity index (χ0) is 12.5. The van der Waals surface area contributed by atoms with E-state index in [2.05, 4.69) is 15.0 Å². The number of hydrogen-bond donors (Lipinski definition) is 0. The van der Waals surface area contributed by atoms with E-state index in [1.807, 2.05) is 12.1 Å². The minimum absolute atomic E-state index is 0.668. The van der Waals surface area contributed by atoms with Gasteiger partial charge >= 0.3 is 0 Å². The molecule has 4 nitrogen and oxygen atoms in total. The van der Waals surface area contributed by atoms with Gasteiger partial charge in [-0.25, -0.2) is 0 Å². The highest BCUT2D eigenvalue weighted by Crippen LogP contribution is 2.08. The van der Waals surface area contributed by atoms with Crippen LogP contribution in [0.1, 0.15) is 31.2 Å². The van der Waals surface area contributed by atoms with Crippen LogP contribution in [0.25, 0.3) is 0 Å². The molecule has 0 saturated carbocycles. The largest absolute Gasteiger partial charge is 0.394 e. The fourth-order valence-electron chi connectivity index (χ4n) is 2.13. The summed E-state index contributed by atoms with van der Waals surface area (Å²) in [5.74, 6) is 0. The second-order valence-corrected chi connectivity index (χ2v) is 4.60. The summed E-state index contributed by atoms with van der Waals surface area (Å²) in [5, 5.41) is 3.97. The van der Waals surface area contributed by atoms with Gasteiger partial charge in [0.15, 0.2) is 0 Å². The highest BCUT2D eigenvalue weighted by atomic mass is 16.6. The van der Waals surface area contributed by atoms with Crippen molar-refractivity contribution in [2.75, 3.05) is 26.2 Å². The van der Waals surface area contributed by atoms with Crippen LogP contribution in [0.3, 0.4) is 0 Å². The molecule has 0 bridgehead atoms. The molecule has 0 spiro atoms. The normalized spacial score (nSPS) is 17.8. The molecule has 0 unspecified atom stereocenters. The Balaban J connectivity index is 1.62. The first-order chi connectivity index (χ1) is 8.95. The fraction of sp³-hybridized carbons (Fsp3) is 0.571. The fourth-order valence-corrected chi connectivity index (χ4v) is 2.13. The van der Waals surface area contributed by atoms with Gasteiger partial charge < -0.3 is 4.84 Å². The highest BCUT2D eigenvalue weighted by molar-refractivity contribution is 5.78. The molecule has 0 N–H and O–H groups in total. The topological polar surface area (TPSA) is 37.7 Å². The summed E-state index contributed by atoms with van der Waals surface area (Å²) in [6.07, 6.45) is 10.6. The zero-order valence-electron chi connectivity index (χ0n) is 10.8. The molecule has 1 aliphatic heterocycles. The number of likely N-dealkylation sites (tertiary alicyclic amines) is 1. The van der Waals surface area contributed by atoms with Gasteiger partial charge in [0, 0.05) is 18.9 Å². The van der Waals surface area contributed by atoms with Crippen LogP contribution in [0.2, 0.25) is 0 Å². The van der Waals surface area contributed by atoms with E-state index in [4.69, 9.17) is 4.84 Å². The molecular formula is C14H21N3O. The van der Waals surface area contributed by atoms with Crippen molar-refractivity contribution in [3.8, 4) is 0 Å². The predicted molar refractivity (Wildman–Crippen MR) is 72.7 cm³/mol. The third kappa shape index (κ3) is 4.84. The second-order valence-electron chi connectivity index (χ2n) is 4.60. The van der Waals surface area contributed by atoms with Crippen LogP contribution in [0.15, 0.2) is 29.7 Å². The highest BCUT2D eigenvalue weighted by Gasteiger charge is 2.07. The van der Waals surface area contributed by atoms with Gasteiger partial charge in [-0.2, -0.15) is 0 Å². The molecule has 0 amide bonds. The van der Waals surface area contributed by atoms with Gasteiger partial charge in [0.05, 0.1) is 6.21 Å². The van der Waals surface area contributed by atoms with Gasteiger partial charge in [-0.05, 0) is 43.6 Å². The first-order valence-corrected chi connectivity index (χ1v) is 6.73. The van der Waals surface area contributed by atoms with E-state index in [0.717, 1.165) is 12.1 Å². The molecule has 1 aromatic rings. The zero-order valence-corrected chi connectivity index (χ0v) is 10.8. The molecule has 0 aliphatic carbocycles. The van der Waals surface area contributed by atoms with Crippen molar-refractivity contribution in [1.82, 2.24) is 9.88 Å². The third-order valence-corrected chi connectivity index (χ3v) is 3.18. The number of rotatable bonds is 5. The summed E-state index contributed by atoms with van der Waals surface area (Å²) >= 11 is 0. The molecule has 1 aliphatic rings. The molecule has 18 heavy (non-hydrogen) atoms. The predicted octanol–water partition coefficient (Wildman–Crippen LogP) is 2.31. The monoisotopic (exact) mass is 247 g/mol. The molecule has 0 atom stereocenters. The van der Waals surface area contributed by atoms with Crippen molar-refractivity contribution in [2.45, 2.75) is 25.7 Å². The summed E-state index contributed by atoms with van der Waals surface area (Å²) in [6, 6.07) is 3.81. The summed E-state index contributed by atoms with van der Waals surface area (Å²) in [5.41, 5.74) is 1.01. The van der Waals surface area contributed by atoms with E-state index in [0.29, 0.717) is 6.61 Å². The smallest absolute Gasteiger partial charge is 0.129 e. The SMILES string of the molecule is C(=N\OCCN1CCCCCC1)/c1ccncc1. The Labute approximate surface area is 109 Å². The maximum atomic E-state index is 5.29. The lowest BCUT2D eigenvalue weighted by molar-refractivity contribution is 0.113. The number of aromatic nitrogens is 1. The molecule has 2 rings (SSSR count). The molecule has 1 aromatic heterocycles. The van der Waals surface area contributed by atoms with Crippen LogP contribution in [-0.2, 0) is 4.84 Å². The van der Waals surface area contributed by atoms with Crippen molar-refractivity contribution >= 4 is 6.21 Å². The lowest BCUT2D eigenvalue weighted by atomic mass is 10.2. The quantitative estimate of drug-likeness (QED) is 0.455. The molecule has 2 heterocycles. The van der Waals surface area contributed by atoms with Crippen molar-refractivity contribution in [3.05, 3.63) is 30.1 Å². The van der Waals surface area contributed by atoms with E-state index in [1.54, 1.807) is 18.6 Å². The summed E-state index contributed by atoms with van der Waals surface area (Å²) in [4.78, 5) is 11.7. The van der Waals surface area contributed by atoms with Gasteiger partial charge in [-0.3, -0.25) is 9.88 Å². The first-order valence-electron chi connectivity index (χ1n) is 6.73. The maximum absolute atomic E-state index is 5.29. The van der Waals surface area contributed by atoms with Crippen LogP contribution in [0.5, 0.6) is 0 Å². The molecule has 1 saturated heterocycles. The van der Waals surface area contributed by atoms with Crippen molar-refractivity contribution in [2.24, 2.45) is 5.16 Å². The van der Waals surface area contributed by atoms with Crippen molar-refractivity contribution in [3.63, 3.8) is 0 Å². The Hall–Kier alpha value is -1.42. The number of oxime groups is 1. The maximum Gasteiger partial charge on any atom is 0.129 e. The van der Waals surface area contributed by atoms with Crippen LogP contribution in [-0.4, -0.2) is 42.3 Å². The van der Waals surface area contributed by atoms with E-state index < -0.39 is 0 Å². The Morgan fingerprint density at radius 2 is 1.89 bits per heavy atom. The summed E-state index contributed by atoms with van der Waals surface area (Å²) in [6.45, 7) is 4.06. The second kappa shape index (κ2) is 7.82. The molecule has 1 fully saturated rings. The van der Waals surface area contributed by atoms with E-state index in [-0.39, 0.29) is 0 Å². The Morgan fingerprint density at radius 1 is 1.17 bits per heavy atom. The third-order valence-electron chi connectivity index (χ3n) is 3.18. The van der Waals surface area contributed by atoms with Gasteiger partial charge in [0.2, 0.25) is 0 Å². The van der Waals surface area contributed by atoms with E-state index >= 15 is 0 Å². The lowest BCUT2D eigenvalue weighted by Gasteiger charge is -2.18. The Morgan fingerprint density at radius 3 is 2.61 bits per heavy atom. The van der Waals surface area contributed by atoms with Gasteiger partial charge in [0.1, 0.15) is 6.61 Å². The van der Waals surface area contributed by atoms with Gasteiger partial charge in [-0.1, -0.05) is 18.0 Å². The average Bonchev–Trinajstić information content (AvgIpc) is 2.68. The minimum atomic E-state index is 0.668.